The zero-order chi connectivity index (χ0) is 24.7. The Morgan fingerprint density at radius 2 is 2.03 bits per heavy atom. The van der Waals surface area contributed by atoms with Crippen molar-refractivity contribution in [1.82, 2.24) is 10.3 Å². The first-order valence-corrected chi connectivity index (χ1v) is 11.0. The summed E-state index contributed by atoms with van der Waals surface area (Å²) >= 11 is 7.22. The molecule has 1 heterocycles. The molecule has 0 fully saturated rings. The monoisotopic (exact) mass is 502 g/mol. The van der Waals surface area contributed by atoms with Gasteiger partial charge in [0.25, 0.3) is 11.6 Å². The molecule has 0 saturated heterocycles. The number of oxime groups is 1. The SMILES string of the molecule is CO/N=C(/C(=O)N[C@@H](Cc1ccccc1)C(=O)Nc1ccc([N+](=O)[O-])cc1Cl)c1csc(N)n1. The van der Waals surface area contributed by atoms with Crippen LogP contribution in [0, 0.1) is 10.1 Å². The van der Waals surface area contributed by atoms with Gasteiger partial charge in [0.1, 0.15) is 18.8 Å². The lowest BCUT2D eigenvalue weighted by Gasteiger charge is -2.19. The molecule has 2 amide bonds. The van der Waals surface area contributed by atoms with Crippen molar-refractivity contribution in [2.45, 2.75) is 12.5 Å². The number of carbonyl (C=O) groups excluding carboxylic acids is 2. The molecule has 0 aliphatic heterocycles. The summed E-state index contributed by atoms with van der Waals surface area (Å²) in [6.07, 6.45) is 0.141. The van der Waals surface area contributed by atoms with Gasteiger partial charge in [-0.3, -0.25) is 19.7 Å². The second kappa shape index (κ2) is 11.2. The van der Waals surface area contributed by atoms with Crippen LogP contribution in [0.3, 0.4) is 0 Å². The largest absolute Gasteiger partial charge is 0.398 e. The number of carbonyl (C=O) groups is 2. The van der Waals surface area contributed by atoms with Crippen molar-refractivity contribution < 1.29 is 19.3 Å². The zero-order valence-corrected chi connectivity index (χ0v) is 19.3. The first-order valence-electron chi connectivity index (χ1n) is 9.70. The van der Waals surface area contributed by atoms with E-state index in [1.165, 1.54) is 24.6 Å². The Bertz CT molecular complexity index is 1230. The van der Waals surface area contributed by atoms with Crippen molar-refractivity contribution in [1.29, 1.82) is 0 Å². The van der Waals surface area contributed by atoms with Gasteiger partial charge in [-0.1, -0.05) is 47.1 Å². The van der Waals surface area contributed by atoms with Crippen molar-refractivity contribution in [3.05, 3.63) is 80.3 Å². The van der Waals surface area contributed by atoms with Gasteiger partial charge in [-0.15, -0.1) is 11.3 Å². The summed E-state index contributed by atoms with van der Waals surface area (Å²) in [6, 6.07) is 11.6. The Labute approximate surface area is 202 Å². The van der Waals surface area contributed by atoms with Gasteiger partial charge in [0.15, 0.2) is 10.8 Å². The van der Waals surface area contributed by atoms with Crippen molar-refractivity contribution in [3.8, 4) is 0 Å². The number of nitrogens with two attached hydrogens (primary N) is 1. The summed E-state index contributed by atoms with van der Waals surface area (Å²) in [4.78, 5) is 45.3. The molecule has 0 aliphatic rings. The summed E-state index contributed by atoms with van der Waals surface area (Å²) in [7, 11) is 1.27. The number of nitrogens with zero attached hydrogens (tertiary/aromatic N) is 3. The summed E-state index contributed by atoms with van der Waals surface area (Å²) in [5.41, 5.74) is 6.40. The molecule has 0 radical (unpaired) electrons. The molecule has 13 heteroatoms. The highest BCUT2D eigenvalue weighted by Crippen LogP contribution is 2.27. The van der Waals surface area contributed by atoms with Crippen LogP contribution in [-0.4, -0.2) is 40.6 Å². The molecule has 176 valence electrons. The number of thiazole rings is 1. The highest BCUT2D eigenvalue weighted by molar-refractivity contribution is 7.13. The number of nitrogens with one attached hydrogen (secondary N) is 2. The van der Waals surface area contributed by atoms with Gasteiger partial charge in [-0.25, -0.2) is 4.98 Å². The molecular weight excluding hydrogens is 484 g/mol. The molecule has 11 nitrogen and oxygen atoms in total. The highest BCUT2D eigenvalue weighted by atomic mass is 35.5. The summed E-state index contributed by atoms with van der Waals surface area (Å²) in [5, 5.41) is 21.7. The molecule has 0 bridgehead atoms. The van der Waals surface area contributed by atoms with Gasteiger partial charge in [0.2, 0.25) is 5.91 Å². The maximum atomic E-state index is 13.1. The molecule has 34 heavy (non-hydrogen) atoms. The van der Waals surface area contributed by atoms with Crippen molar-refractivity contribution >= 4 is 57.0 Å². The number of nitrogen functional groups attached to an aromatic ring is 1. The van der Waals surface area contributed by atoms with Crippen LogP contribution < -0.4 is 16.4 Å². The van der Waals surface area contributed by atoms with Crippen LogP contribution in [0.25, 0.3) is 0 Å². The first kappa shape index (κ1) is 24.6. The van der Waals surface area contributed by atoms with Gasteiger partial charge < -0.3 is 21.2 Å². The van der Waals surface area contributed by atoms with Crippen molar-refractivity contribution in [2.75, 3.05) is 18.2 Å². The molecule has 0 saturated carbocycles. The smallest absolute Gasteiger partial charge is 0.276 e. The third kappa shape index (κ3) is 6.27. The second-order valence-electron chi connectivity index (χ2n) is 6.82. The Morgan fingerprint density at radius 1 is 1.29 bits per heavy atom. The van der Waals surface area contributed by atoms with Crippen LogP contribution in [0.4, 0.5) is 16.5 Å². The fraction of sp³-hybridized carbons (Fsp3) is 0.143. The number of amides is 2. The third-order valence-electron chi connectivity index (χ3n) is 4.49. The van der Waals surface area contributed by atoms with E-state index in [0.29, 0.717) is 0 Å². The Hall–Kier alpha value is -4.03. The molecular formula is C21H19ClN6O5S. The van der Waals surface area contributed by atoms with Crippen molar-refractivity contribution in [2.24, 2.45) is 5.16 Å². The number of nitro groups is 1. The zero-order valence-electron chi connectivity index (χ0n) is 17.7. The van der Waals surface area contributed by atoms with E-state index < -0.39 is 22.8 Å². The van der Waals surface area contributed by atoms with Crippen LogP contribution in [0.15, 0.2) is 59.1 Å². The normalized spacial score (nSPS) is 12.0. The van der Waals surface area contributed by atoms with E-state index in [0.717, 1.165) is 23.0 Å². The molecule has 0 spiro atoms. The maximum Gasteiger partial charge on any atom is 0.276 e. The second-order valence-corrected chi connectivity index (χ2v) is 8.12. The number of anilines is 2. The average Bonchev–Trinajstić information content (AvgIpc) is 3.24. The van der Waals surface area contributed by atoms with E-state index in [1.807, 2.05) is 6.07 Å². The standard InChI is InChI=1S/C21H19ClN6O5S/c1-33-27-18(17-11-34-21(23)26-17)20(30)25-16(9-12-5-3-2-4-6-12)19(29)24-15-8-7-13(28(31)32)10-14(15)22/h2-8,10-11,16H,9H2,1H3,(H2,23,26)(H,24,29)(H,25,30)/b27-18+/t16-/m0/s1. The topological polar surface area (TPSA) is 162 Å². The Kier molecular flexibility index (Phi) is 8.11. The predicted octanol–water partition coefficient (Wildman–Crippen LogP) is 3.00. The molecule has 0 aliphatic carbocycles. The summed E-state index contributed by atoms with van der Waals surface area (Å²) in [5.74, 6) is -1.31. The number of nitro benzene ring substituents is 1. The van der Waals surface area contributed by atoms with Gasteiger partial charge in [0.05, 0.1) is 15.6 Å². The predicted molar refractivity (Wildman–Crippen MR) is 129 cm³/mol. The molecule has 1 atom stereocenters. The number of non-ortho nitro benzene ring substituents is 1. The van der Waals surface area contributed by atoms with Crippen LogP contribution in [-0.2, 0) is 20.8 Å². The van der Waals surface area contributed by atoms with E-state index in [4.69, 9.17) is 22.2 Å². The fourth-order valence-electron chi connectivity index (χ4n) is 2.92. The Balaban J connectivity index is 1.86. The van der Waals surface area contributed by atoms with Crippen LogP contribution in [0.1, 0.15) is 11.3 Å². The van der Waals surface area contributed by atoms with E-state index in [-0.39, 0.29) is 39.4 Å². The minimum atomic E-state index is -1.06. The minimum absolute atomic E-state index is 0.0214. The fourth-order valence-corrected chi connectivity index (χ4v) is 3.69. The molecule has 3 rings (SSSR count). The van der Waals surface area contributed by atoms with E-state index in [2.05, 4.69) is 20.8 Å². The summed E-state index contributed by atoms with van der Waals surface area (Å²) in [6.45, 7) is 0. The lowest BCUT2D eigenvalue weighted by Crippen LogP contribution is -2.48. The van der Waals surface area contributed by atoms with E-state index >= 15 is 0 Å². The molecule has 1 aromatic heterocycles. The number of halogens is 1. The number of hydrogen-bond acceptors (Lipinski definition) is 9. The lowest BCUT2D eigenvalue weighted by atomic mass is 10.0. The highest BCUT2D eigenvalue weighted by Gasteiger charge is 2.27. The van der Waals surface area contributed by atoms with Gasteiger partial charge in [-0.2, -0.15) is 0 Å². The van der Waals surface area contributed by atoms with Crippen LogP contribution in [0.5, 0.6) is 0 Å². The van der Waals surface area contributed by atoms with Crippen molar-refractivity contribution in [3.63, 3.8) is 0 Å². The van der Waals surface area contributed by atoms with Crippen LogP contribution in [0.2, 0.25) is 5.02 Å². The van der Waals surface area contributed by atoms with Gasteiger partial charge in [0, 0.05) is 23.9 Å². The maximum absolute atomic E-state index is 13.1. The lowest BCUT2D eigenvalue weighted by molar-refractivity contribution is -0.384. The van der Waals surface area contributed by atoms with E-state index in [9.17, 15) is 19.7 Å². The molecule has 3 aromatic rings. The first-order chi connectivity index (χ1) is 16.3. The minimum Gasteiger partial charge on any atom is -0.398 e. The molecule has 4 N–H and O–H groups in total. The Morgan fingerprint density at radius 3 is 2.62 bits per heavy atom. The molecule has 0 unspecified atom stereocenters. The van der Waals surface area contributed by atoms with Gasteiger partial charge in [-0.05, 0) is 11.6 Å². The quantitative estimate of drug-likeness (QED) is 0.230. The average molecular weight is 503 g/mol. The van der Waals surface area contributed by atoms with Crippen LogP contribution >= 0.6 is 22.9 Å². The number of rotatable bonds is 9. The molecule has 2 aromatic carbocycles. The van der Waals surface area contributed by atoms with Gasteiger partial charge >= 0.3 is 0 Å². The number of benzene rings is 2. The number of hydrogen-bond donors (Lipinski definition) is 3. The number of aromatic nitrogens is 1. The van der Waals surface area contributed by atoms with E-state index in [1.54, 1.807) is 24.3 Å². The summed E-state index contributed by atoms with van der Waals surface area (Å²) < 4.78 is 0. The third-order valence-corrected chi connectivity index (χ3v) is 5.47.